The predicted molar refractivity (Wildman–Crippen MR) is 93.8 cm³/mol. The van der Waals surface area contributed by atoms with Crippen molar-refractivity contribution in [1.29, 1.82) is 0 Å². The normalized spacial score (nSPS) is 16.8. The molecule has 1 aliphatic heterocycles. The van der Waals surface area contributed by atoms with Gasteiger partial charge in [-0.15, -0.1) is 0 Å². The van der Waals surface area contributed by atoms with Gasteiger partial charge in [0.05, 0.1) is 12.3 Å². The second kappa shape index (κ2) is 9.55. The van der Waals surface area contributed by atoms with Crippen LogP contribution in [0.1, 0.15) is 38.7 Å². The van der Waals surface area contributed by atoms with Gasteiger partial charge in [-0.25, -0.2) is 0 Å². The van der Waals surface area contributed by atoms with Crippen molar-refractivity contribution in [2.75, 3.05) is 32.8 Å². The molecule has 1 aromatic heterocycles. The van der Waals surface area contributed by atoms with Crippen molar-refractivity contribution in [1.82, 2.24) is 20.0 Å². The number of aryl methyl sites for hydroxylation is 2. The first-order valence-corrected chi connectivity index (χ1v) is 8.86. The average Bonchev–Trinajstić information content (AvgIpc) is 2.97. The number of hydrogen-bond donors (Lipinski definition) is 1. The molecule has 0 aliphatic carbocycles. The standard InChI is InChI=1S/C17H31N5O/c1-4-18-17(21-11-7-16(8-12-21)23-5-2)19-9-6-10-22-14-15(3)13-20-22/h13-14,16H,4-12H2,1-3H3,(H,18,19). The first-order valence-electron chi connectivity index (χ1n) is 8.86. The van der Waals surface area contributed by atoms with Crippen molar-refractivity contribution in [3.63, 3.8) is 0 Å². The van der Waals surface area contributed by atoms with Crippen LogP contribution >= 0.6 is 0 Å². The summed E-state index contributed by atoms with van der Waals surface area (Å²) >= 11 is 0. The molecular weight excluding hydrogens is 290 g/mol. The van der Waals surface area contributed by atoms with Gasteiger partial charge in [0.25, 0.3) is 0 Å². The van der Waals surface area contributed by atoms with E-state index in [1.165, 1.54) is 5.56 Å². The second-order valence-electron chi connectivity index (χ2n) is 6.01. The molecule has 2 heterocycles. The lowest BCUT2D eigenvalue weighted by Gasteiger charge is -2.34. The van der Waals surface area contributed by atoms with Gasteiger partial charge in [-0.3, -0.25) is 9.67 Å². The van der Waals surface area contributed by atoms with E-state index in [0.29, 0.717) is 6.10 Å². The molecule has 1 aromatic rings. The fourth-order valence-corrected chi connectivity index (χ4v) is 2.90. The summed E-state index contributed by atoms with van der Waals surface area (Å²) in [7, 11) is 0. The van der Waals surface area contributed by atoms with Crippen LogP contribution in [0.3, 0.4) is 0 Å². The number of aromatic nitrogens is 2. The molecule has 1 N–H and O–H groups in total. The zero-order chi connectivity index (χ0) is 16.5. The van der Waals surface area contributed by atoms with Gasteiger partial charge >= 0.3 is 0 Å². The van der Waals surface area contributed by atoms with Crippen LogP contribution in [0.2, 0.25) is 0 Å². The molecule has 1 fully saturated rings. The van der Waals surface area contributed by atoms with Crippen LogP contribution in [0.5, 0.6) is 0 Å². The van der Waals surface area contributed by atoms with Gasteiger partial charge in [0.1, 0.15) is 0 Å². The minimum atomic E-state index is 0.419. The van der Waals surface area contributed by atoms with Crippen molar-refractivity contribution in [2.24, 2.45) is 4.99 Å². The second-order valence-corrected chi connectivity index (χ2v) is 6.01. The van der Waals surface area contributed by atoms with Crippen LogP contribution in [0.15, 0.2) is 17.4 Å². The van der Waals surface area contributed by atoms with Crippen LogP contribution in [-0.4, -0.2) is 59.5 Å². The van der Waals surface area contributed by atoms with Crippen molar-refractivity contribution < 1.29 is 4.74 Å². The van der Waals surface area contributed by atoms with Gasteiger partial charge in [0, 0.05) is 45.5 Å². The van der Waals surface area contributed by atoms with E-state index in [0.717, 1.165) is 64.6 Å². The molecule has 0 bridgehead atoms. The molecule has 130 valence electrons. The maximum atomic E-state index is 5.72. The molecule has 23 heavy (non-hydrogen) atoms. The van der Waals surface area contributed by atoms with Gasteiger partial charge in [0.2, 0.25) is 0 Å². The quantitative estimate of drug-likeness (QED) is 0.474. The van der Waals surface area contributed by atoms with Gasteiger partial charge < -0.3 is 15.0 Å². The lowest BCUT2D eigenvalue weighted by molar-refractivity contribution is 0.0264. The molecule has 0 amide bonds. The van der Waals surface area contributed by atoms with Crippen LogP contribution in [0.25, 0.3) is 0 Å². The molecule has 6 nitrogen and oxygen atoms in total. The third kappa shape index (κ3) is 5.86. The van der Waals surface area contributed by atoms with Crippen molar-refractivity contribution >= 4 is 5.96 Å². The highest BCUT2D eigenvalue weighted by Gasteiger charge is 2.21. The zero-order valence-electron chi connectivity index (χ0n) is 14.8. The molecular formula is C17H31N5O. The third-order valence-corrected chi connectivity index (χ3v) is 4.05. The number of hydrogen-bond acceptors (Lipinski definition) is 3. The fourth-order valence-electron chi connectivity index (χ4n) is 2.90. The summed E-state index contributed by atoms with van der Waals surface area (Å²) in [5.74, 6) is 1.04. The first kappa shape index (κ1) is 17.8. The third-order valence-electron chi connectivity index (χ3n) is 4.05. The highest BCUT2D eigenvalue weighted by atomic mass is 16.5. The summed E-state index contributed by atoms with van der Waals surface area (Å²) in [6.07, 6.45) is 7.58. The number of piperidine rings is 1. The minimum absolute atomic E-state index is 0.419. The lowest BCUT2D eigenvalue weighted by Crippen LogP contribution is -2.47. The summed E-state index contributed by atoms with van der Waals surface area (Å²) < 4.78 is 7.72. The molecule has 2 rings (SSSR count). The number of rotatable bonds is 7. The Morgan fingerprint density at radius 2 is 2.17 bits per heavy atom. The number of aliphatic imine (C=N–C) groups is 1. The number of ether oxygens (including phenoxy) is 1. The van der Waals surface area contributed by atoms with E-state index in [9.17, 15) is 0 Å². The van der Waals surface area contributed by atoms with Crippen molar-refractivity contribution in [2.45, 2.75) is 52.7 Å². The molecule has 1 aliphatic rings. The van der Waals surface area contributed by atoms with Crippen molar-refractivity contribution in [3.05, 3.63) is 18.0 Å². The molecule has 0 unspecified atom stereocenters. The van der Waals surface area contributed by atoms with Crippen LogP contribution in [0, 0.1) is 6.92 Å². The largest absolute Gasteiger partial charge is 0.378 e. The van der Waals surface area contributed by atoms with E-state index < -0.39 is 0 Å². The first-order chi connectivity index (χ1) is 11.2. The Kier molecular flexibility index (Phi) is 7.39. The van der Waals surface area contributed by atoms with E-state index in [2.05, 4.69) is 42.3 Å². The maximum Gasteiger partial charge on any atom is 0.193 e. The van der Waals surface area contributed by atoms with E-state index in [1.807, 2.05) is 10.9 Å². The highest BCUT2D eigenvalue weighted by molar-refractivity contribution is 5.80. The molecule has 0 saturated carbocycles. The maximum absolute atomic E-state index is 5.72. The molecule has 0 aromatic carbocycles. The lowest BCUT2D eigenvalue weighted by atomic mass is 10.1. The number of nitrogens with zero attached hydrogens (tertiary/aromatic N) is 4. The Labute approximate surface area is 139 Å². The van der Waals surface area contributed by atoms with E-state index in [1.54, 1.807) is 0 Å². The van der Waals surface area contributed by atoms with Gasteiger partial charge in [-0.1, -0.05) is 0 Å². The average molecular weight is 321 g/mol. The van der Waals surface area contributed by atoms with E-state index in [-0.39, 0.29) is 0 Å². The molecule has 0 radical (unpaired) electrons. The fraction of sp³-hybridized carbons (Fsp3) is 0.765. The van der Waals surface area contributed by atoms with E-state index in [4.69, 9.17) is 9.73 Å². The topological polar surface area (TPSA) is 54.7 Å². The smallest absolute Gasteiger partial charge is 0.193 e. The molecule has 6 heteroatoms. The Balaban J connectivity index is 1.78. The van der Waals surface area contributed by atoms with Gasteiger partial charge in [-0.05, 0) is 45.6 Å². The highest BCUT2D eigenvalue weighted by Crippen LogP contribution is 2.13. The molecule has 1 saturated heterocycles. The Bertz CT molecular complexity index is 477. The number of nitrogens with one attached hydrogen (secondary N) is 1. The van der Waals surface area contributed by atoms with Crippen molar-refractivity contribution in [3.8, 4) is 0 Å². The van der Waals surface area contributed by atoms with Crippen LogP contribution in [-0.2, 0) is 11.3 Å². The number of guanidine groups is 1. The predicted octanol–water partition coefficient (Wildman–Crippen LogP) is 2.05. The SMILES string of the molecule is CCNC(=NCCCn1cc(C)cn1)N1CCC(OCC)CC1. The summed E-state index contributed by atoms with van der Waals surface area (Å²) in [6, 6.07) is 0. The molecule has 0 atom stereocenters. The number of likely N-dealkylation sites (tertiary alicyclic amines) is 1. The van der Waals surface area contributed by atoms with Gasteiger partial charge in [0.15, 0.2) is 5.96 Å². The summed E-state index contributed by atoms with van der Waals surface area (Å²) in [5, 5.41) is 7.73. The van der Waals surface area contributed by atoms with Crippen LogP contribution < -0.4 is 5.32 Å². The Hall–Kier alpha value is -1.56. The van der Waals surface area contributed by atoms with Crippen LogP contribution in [0.4, 0.5) is 0 Å². The Morgan fingerprint density at radius 1 is 1.39 bits per heavy atom. The minimum Gasteiger partial charge on any atom is -0.378 e. The zero-order valence-corrected chi connectivity index (χ0v) is 14.8. The summed E-state index contributed by atoms with van der Waals surface area (Å²) in [5.41, 5.74) is 1.21. The van der Waals surface area contributed by atoms with E-state index >= 15 is 0 Å². The Morgan fingerprint density at radius 3 is 2.78 bits per heavy atom. The summed E-state index contributed by atoms with van der Waals surface area (Å²) in [4.78, 5) is 7.14. The monoisotopic (exact) mass is 321 g/mol. The molecule has 0 spiro atoms. The van der Waals surface area contributed by atoms with Gasteiger partial charge in [-0.2, -0.15) is 5.10 Å². The summed E-state index contributed by atoms with van der Waals surface area (Å²) in [6.45, 7) is 11.8.